The van der Waals surface area contributed by atoms with Gasteiger partial charge in [0.1, 0.15) is 0 Å². The summed E-state index contributed by atoms with van der Waals surface area (Å²) >= 11 is 0. The first-order valence-corrected chi connectivity index (χ1v) is 7.80. The van der Waals surface area contributed by atoms with Gasteiger partial charge in [-0.2, -0.15) is 0 Å². The average Bonchev–Trinajstić information content (AvgIpc) is 2.39. The Bertz CT molecular complexity index is 251. The molecule has 5 heteroatoms. The monoisotopic (exact) mass is 288 g/mol. The summed E-state index contributed by atoms with van der Waals surface area (Å²) in [6, 6.07) is 1.13. The molecule has 0 bridgehead atoms. The Morgan fingerprint density at radius 2 is 2.10 bits per heavy atom. The lowest BCUT2D eigenvalue weighted by Crippen LogP contribution is -2.47. The van der Waals surface area contributed by atoms with Crippen LogP contribution in [-0.4, -0.2) is 74.3 Å². The minimum atomic E-state index is -0.441. The quantitative estimate of drug-likeness (QED) is 0.616. The third-order valence-corrected chi connectivity index (χ3v) is 3.84. The number of nitrogens with zero attached hydrogens (tertiary/aromatic N) is 1. The summed E-state index contributed by atoms with van der Waals surface area (Å²) in [4.78, 5) is 2.38. The molecule has 1 heterocycles. The molecule has 0 aliphatic carbocycles. The van der Waals surface area contributed by atoms with E-state index < -0.39 is 6.10 Å². The number of hydrogen-bond donors (Lipinski definition) is 2. The molecule has 0 amide bonds. The van der Waals surface area contributed by atoms with Crippen LogP contribution < -0.4 is 5.32 Å². The molecule has 2 N–H and O–H groups in total. The highest BCUT2D eigenvalue weighted by Gasteiger charge is 2.22. The lowest BCUT2D eigenvalue weighted by molar-refractivity contribution is -0.0111. The molecule has 20 heavy (non-hydrogen) atoms. The smallest absolute Gasteiger partial charge is 0.0897 e. The second-order valence-electron chi connectivity index (χ2n) is 6.11. The molecule has 0 aromatic carbocycles. The summed E-state index contributed by atoms with van der Waals surface area (Å²) in [7, 11) is 2.17. The second-order valence-corrected chi connectivity index (χ2v) is 6.11. The molecular weight excluding hydrogens is 256 g/mol. The van der Waals surface area contributed by atoms with Crippen LogP contribution >= 0.6 is 0 Å². The lowest BCUT2D eigenvalue weighted by atomic mass is 9.99. The fraction of sp³-hybridized carbons (Fsp3) is 1.00. The van der Waals surface area contributed by atoms with E-state index in [4.69, 9.17) is 9.47 Å². The average molecular weight is 288 g/mol. The highest BCUT2D eigenvalue weighted by Crippen LogP contribution is 2.15. The fourth-order valence-electron chi connectivity index (χ4n) is 2.40. The van der Waals surface area contributed by atoms with Crippen LogP contribution in [0.5, 0.6) is 0 Å². The minimum Gasteiger partial charge on any atom is -0.389 e. The van der Waals surface area contributed by atoms with E-state index in [0.29, 0.717) is 38.4 Å². The topological polar surface area (TPSA) is 54.0 Å². The van der Waals surface area contributed by atoms with Crippen molar-refractivity contribution in [2.45, 2.75) is 57.9 Å². The SMILES string of the molecule is CC(C)OCCOCC(O)CNC1CCN(C)C(C)C1. The number of aliphatic hydroxyl groups is 1. The van der Waals surface area contributed by atoms with E-state index in [1.165, 1.54) is 0 Å². The van der Waals surface area contributed by atoms with Crippen molar-refractivity contribution in [1.82, 2.24) is 10.2 Å². The van der Waals surface area contributed by atoms with Gasteiger partial charge in [-0.1, -0.05) is 0 Å². The first-order valence-electron chi connectivity index (χ1n) is 7.80. The van der Waals surface area contributed by atoms with Gasteiger partial charge in [0.05, 0.1) is 32.0 Å². The van der Waals surface area contributed by atoms with E-state index in [2.05, 4.69) is 24.2 Å². The number of hydrogen-bond acceptors (Lipinski definition) is 5. The van der Waals surface area contributed by atoms with Gasteiger partial charge in [-0.05, 0) is 47.2 Å². The zero-order valence-electron chi connectivity index (χ0n) is 13.5. The molecule has 0 spiro atoms. The molecule has 3 atom stereocenters. The Labute approximate surface area is 123 Å². The standard InChI is InChI=1S/C15H32N2O3/c1-12(2)20-8-7-19-11-15(18)10-16-14-5-6-17(4)13(3)9-14/h12-16,18H,5-11H2,1-4H3. The number of likely N-dealkylation sites (tertiary alicyclic amines) is 1. The molecule has 0 aromatic heterocycles. The van der Waals surface area contributed by atoms with Crippen molar-refractivity contribution >= 4 is 0 Å². The van der Waals surface area contributed by atoms with Crippen LogP contribution in [0.3, 0.4) is 0 Å². The van der Waals surface area contributed by atoms with Gasteiger partial charge in [0, 0.05) is 18.6 Å². The highest BCUT2D eigenvalue weighted by molar-refractivity contribution is 4.81. The van der Waals surface area contributed by atoms with Crippen LogP contribution in [0.25, 0.3) is 0 Å². The van der Waals surface area contributed by atoms with E-state index in [9.17, 15) is 5.11 Å². The van der Waals surface area contributed by atoms with Crippen molar-refractivity contribution in [2.75, 3.05) is 40.0 Å². The molecule has 0 radical (unpaired) electrons. The van der Waals surface area contributed by atoms with Gasteiger partial charge in [-0.25, -0.2) is 0 Å². The van der Waals surface area contributed by atoms with Crippen molar-refractivity contribution in [3.63, 3.8) is 0 Å². The Morgan fingerprint density at radius 3 is 2.75 bits per heavy atom. The summed E-state index contributed by atoms with van der Waals surface area (Å²) in [5.41, 5.74) is 0. The Hall–Kier alpha value is -0.200. The molecule has 1 saturated heterocycles. The van der Waals surface area contributed by atoms with Crippen LogP contribution in [-0.2, 0) is 9.47 Å². The first-order chi connectivity index (χ1) is 9.49. The number of nitrogens with one attached hydrogen (secondary N) is 1. The highest BCUT2D eigenvalue weighted by atomic mass is 16.5. The summed E-state index contributed by atoms with van der Waals surface area (Å²) in [6.07, 6.45) is 2.09. The van der Waals surface area contributed by atoms with Crippen LogP contribution in [0.2, 0.25) is 0 Å². The van der Waals surface area contributed by atoms with Gasteiger partial charge in [-0.15, -0.1) is 0 Å². The molecule has 3 unspecified atom stereocenters. The van der Waals surface area contributed by atoms with E-state index in [0.717, 1.165) is 19.4 Å². The molecule has 1 aliphatic heterocycles. The van der Waals surface area contributed by atoms with Crippen molar-refractivity contribution in [3.8, 4) is 0 Å². The zero-order chi connectivity index (χ0) is 15.0. The predicted octanol–water partition coefficient (Wildman–Crippen LogP) is 0.861. The molecule has 5 nitrogen and oxygen atoms in total. The third kappa shape index (κ3) is 7.55. The van der Waals surface area contributed by atoms with Crippen molar-refractivity contribution in [2.24, 2.45) is 0 Å². The fourth-order valence-corrected chi connectivity index (χ4v) is 2.40. The van der Waals surface area contributed by atoms with Gasteiger partial charge < -0.3 is 24.8 Å². The Morgan fingerprint density at radius 1 is 1.35 bits per heavy atom. The van der Waals surface area contributed by atoms with Gasteiger partial charge in [-0.3, -0.25) is 0 Å². The van der Waals surface area contributed by atoms with Crippen molar-refractivity contribution in [3.05, 3.63) is 0 Å². The normalized spacial score (nSPS) is 26.1. The minimum absolute atomic E-state index is 0.233. The maximum absolute atomic E-state index is 9.87. The third-order valence-electron chi connectivity index (χ3n) is 3.84. The maximum atomic E-state index is 9.87. The van der Waals surface area contributed by atoms with Crippen LogP contribution in [0.15, 0.2) is 0 Å². The van der Waals surface area contributed by atoms with E-state index >= 15 is 0 Å². The number of aliphatic hydroxyl groups excluding tert-OH is 1. The van der Waals surface area contributed by atoms with Crippen molar-refractivity contribution < 1.29 is 14.6 Å². The van der Waals surface area contributed by atoms with Gasteiger partial charge >= 0.3 is 0 Å². The van der Waals surface area contributed by atoms with Gasteiger partial charge in [0.15, 0.2) is 0 Å². The van der Waals surface area contributed by atoms with Crippen molar-refractivity contribution in [1.29, 1.82) is 0 Å². The predicted molar refractivity (Wildman–Crippen MR) is 81.0 cm³/mol. The molecule has 1 rings (SSSR count). The molecule has 0 aromatic rings. The van der Waals surface area contributed by atoms with Gasteiger partial charge in [0.2, 0.25) is 0 Å². The molecule has 1 fully saturated rings. The molecule has 120 valence electrons. The maximum Gasteiger partial charge on any atom is 0.0897 e. The van der Waals surface area contributed by atoms with E-state index in [1.54, 1.807) is 0 Å². The van der Waals surface area contributed by atoms with Crippen LogP contribution in [0.4, 0.5) is 0 Å². The summed E-state index contributed by atoms with van der Waals surface area (Å²) < 4.78 is 10.8. The number of ether oxygens (including phenoxy) is 2. The summed E-state index contributed by atoms with van der Waals surface area (Å²) in [6.45, 7) is 9.48. The summed E-state index contributed by atoms with van der Waals surface area (Å²) in [5, 5.41) is 13.3. The molecule has 0 saturated carbocycles. The summed E-state index contributed by atoms with van der Waals surface area (Å²) in [5.74, 6) is 0. The van der Waals surface area contributed by atoms with Crippen LogP contribution in [0, 0.1) is 0 Å². The lowest BCUT2D eigenvalue weighted by Gasteiger charge is -2.35. The second kappa shape index (κ2) is 9.68. The number of rotatable bonds is 9. The molecule has 1 aliphatic rings. The van der Waals surface area contributed by atoms with Gasteiger partial charge in [0.25, 0.3) is 0 Å². The first kappa shape index (κ1) is 17.9. The number of piperidine rings is 1. The Balaban J connectivity index is 2.01. The largest absolute Gasteiger partial charge is 0.389 e. The zero-order valence-corrected chi connectivity index (χ0v) is 13.5. The molecular formula is C15H32N2O3. The van der Waals surface area contributed by atoms with E-state index in [-0.39, 0.29) is 6.10 Å². The van der Waals surface area contributed by atoms with Crippen LogP contribution in [0.1, 0.15) is 33.6 Å². The van der Waals surface area contributed by atoms with E-state index in [1.807, 2.05) is 13.8 Å². The Kier molecular flexibility index (Phi) is 8.64.